The van der Waals surface area contributed by atoms with Gasteiger partial charge in [-0.05, 0) is 36.2 Å². The highest BCUT2D eigenvalue weighted by Gasteiger charge is 2.49. The van der Waals surface area contributed by atoms with E-state index in [2.05, 4.69) is 5.32 Å². The lowest BCUT2D eigenvalue weighted by atomic mass is 10.0. The van der Waals surface area contributed by atoms with E-state index in [0.29, 0.717) is 17.2 Å². The average molecular weight is 446 g/mol. The lowest BCUT2D eigenvalue weighted by Gasteiger charge is -2.35. The van der Waals surface area contributed by atoms with Crippen molar-refractivity contribution in [2.45, 2.75) is 30.8 Å². The van der Waals surface area contributed by atoms with Crippen LogP contribution in [-0.2, 0) is 15.9 Å². The largest absolute Gasteiger partial charge is 0.441 e. The number of hydrogen-bond acceptors (Lipinski definition) is 5. The van der Waals surface area contributed by atoms with E-state index in [1.807, 2.05) is 12.1 Å². The van der Waals surface area contributed by atoms with E-state index in [4.69, 9.17) is 38.0 Å². The number of hydrogen-bond donors (Lipinski definition) is 1. The SMILES string of the molecule is FC(F)(F)C(OC(=S)Oc1ccccc1)C1CN[C@@H](Cc2ccc(Cl)cc2)CO1. The maximum absolute atomic E-state index is 13.5. The van der Waals surface area contributed by atoms with Crippen LogP contribution in [0.4, 0.5) is 13.2 Å². The Kier molecular flexibility index (Phi) is 7.34. The van der Waals surface area contributed by atoms with Gasteiger partial charge in [-0.25, -0.2) is 0 Å². The molecular weight excluding hydrogens is 427 g/mol. The maximum atomic E-state index is 13.5. The Hall–Kier alpha value is -1.87. The highest BCUT2D eigenvalue weighted by molar-refractivity contribution is 7.79. The molecule has 1 aliphatic rings. The maximum Gasteiger partial charge on any atom is 0.428 e. The summed E-state index contributed by atoms with van der Waals surface area (Å²) in [5.74, 6) is 0.296. The normalized spacial score (nSPS) is 20.7. The third kappa shape index (κ3) is 6.57. The number of benzene rings is 2. The Morgan fingerprint density at radius 3 is 2.45 bits per heavy atom. The van der Waals surface area contributed by atoms with E-state index in [1.54, 1.807) is 42.5 Å². The fourth-order valence-corrected chi connectivity index (χ4v) is 3.26. The Bertz CT molecular complexity index is 797. The van der Waals surface area contributed by atoms with Gasteiger partial charge < -0.3 is 19.5 Å². The topological polar surface area (TPSA) is 39.7 Å². The van der Waals surface area contributed by atoms with Crippen molar-refractivity contribution in [1.29, 1.82) is 0 Å². The number of halogens is 4. The van der Waals surface area contributed by atoms with Crippen molar-refractivity contribution in [3.63, 3.8) is 0 Å². The minimum Gasteiger partial charge on any atom is -0.441 e. The highest BCUT2D eigenvalue weighted by Crippen LogP contribution is 2.29. The van der Waals surface area contributed by atoms with Crippen LogP contribution in [0.15, 0.2) is 54.6 Å². The summed E-state index contributed by atoms with van der Waals surface area (Å²) in [6, 6.07) is 15.4. The van der Waals surface area contributed by atoms with Crippen LogP contribution in [0, 0.1) is 0 Å². The molecule has 1 heterocycles. The van der Waals surface area contributed by atoms with Crippen LogP contribution >= 0.6 is 23.8 Å². The quantitative estimate of drug-likeness (QED) is 0.684. The first kappa shape index (κ1) is 21.8. The monoisotopic (exact) mass is 445 g/mol. The van der Waals surface area contributed by atoms with E-state index in [0.717, 1.165) is 5.56 Å². The van der Waals surface area contributed by atoms with E-state index in [-0.39, 0.29) is 19.2 Å². The van der Waals surface area contributed by atoms with Crippen LogP contribution in [0.1, 0.15) is 5.56 Å². The molecule has 1 saturated heterocycles. The second-order valence-corrected chi connectivity index (χ2v) is 7.32. The number of nitrogens with one attached hydrogen (secondary N) is 1. The second-order valence-electron chi connectivity index (χ2n) is 6.55. The molecule has 1 fully saturated rings. The van der Waals surface area contributed by atoms with Crippen molar-refractivity contribution in [3.05, 3.63) is 65.2 Å². The molecule has 1 N–H and O–H groups in total. The van der Waals surface area contributed by atoms with Gasteiger partial charge in [0, 0.05) is 29.8 Å². The molecule has 0 aliphatic carbocycles. The molecule has 156 valence electrons. The molecular formula is C20H19ClF3NO3S. The van der Waals surface area contributed by atoms with Crippen LogP contribution < -0.4 is 10.1 Å². The predicted octanol–water partition coefficient (Wildman–Crippen LogP) is 4.55. The number of thiocarbonyl (C=S) groups is 1. The van der Waals surface area contributed by atoms with Gasteiger partial charge in [-0.2, -0.15) is 13.2 Å². The summed E-state index contributed by atoms with van der Waals surface area (Å²) >= 11 is 10.7. The van der Waals surface area contributed by atoms with Crippen molar-refractivity contribution in [2.24, 2.45) is 0 Å². The first-order valence-corrected chi connectivity index (χ1v) is 9.69. The predicted molar refractivity (Wildman–Crippen MR) is 107 cm³/mol. The summed E-state index contributed by atoms with van der Waals surface area (Å²) in [4.78, 5) is 0. The fraction of sp³-hybridized carbons (Fsp3) is 0.350. The zero-order chi connectivity index (χ0) is 20.9. The first-order chi connectivity index (χ1) is 13.8. The van der Waals surface area contributed by atoms with Gasteiger partial charge in [0.25, 0.3) is 0 Å². The Labute approximate surface area is 176 Å². The van der Waals surface area contributed by atoms with Crippen molar-refractivity contribution in [3.8, 4) is 5.75 Å². The molecule has 0 bridgehead atoms. The van der Waals surface area contributed by atoms with Crippen LogP contribution in [0.3, 0.4) is 0 Å². The number of morpholine rings is 1. The van der Waals surface area contributed by atoms with Crippen molar-refractivity contribution in [2.75, 3.05) is 13.2 Å². The Balaban J connectivity index is 1.56. The fourth-order valence-electron chi connectivity index (χ4n) is 2.94. The molecule has 3 rings (SSSR count). The minimum atomic E-state index is -4.67. The molecule has 29 heavy (non-hydrogen) atoms. The average Bonchev–Trinajstić information content (AvgIpc) is 2.69. The molecule has 2 aromatic rings. The lowest BCUT2D eigenvalue weighted by Crippen LogP contribution is -2.56. The van der Waals surface area contributed by atoms with Crippen molar-refractivity contribution in [1.82, 2.24) is 5.32 Å². The standard InChI is InChI=1S/C20H19ClF3NO3S/c21-14-8-6-13(7-9-14)10-15-12-26-17(11-25-15)18(20(22,23)24)28-19(29)27-16-4-2-1-3-5-16/h1-9,15,17-18,25H,10-12H2/t15-,17?,18?/m0/s1. The number of rotatable bonds is 5. The minimum absolute atomic E-state index is 0.0314. The number of para-hydroxylation sites is 1. The molecule has 0 radical (unpaired) electrons. The molecule has 0 amide bonds. The number of ether oxygens (including phenoxy) is 3. The van der Waals surface area contributed by atoms with Crippen molar-refractivity contribution < 1.29 is 27.4 Å². The molecule has 0 spiro atoms. The summed E-state index contributed by atoms with van der Waals surface area (Å²) in [5, 5.41) is 3.11. The van der Waals surface area contributed by atoms with Crippen LogP contribution in [-0.4, -0.2) is 42.8 Å². The van der Waals surface area contributed by atoms with Gasteiger partial charge in [-0.3, -0.25) is 0 Å². The van der Waals surface area contributed by atoms with Gasteiger partial charge in [-0.15, -0.1) is 0 Å². The zero-order valence-corrected chi connectivity index (χ0v) is 16.8. The van der Waals surface area contributed by atoms with E-state index < -0.39 is 23.6 Å². The Morgan fingerprint density at radius 1 is 1.17 bits per heavy atom. The summed E-state index contributed by atoms with van der Waals surface area (Å²) < 4.78 is 56.1. The van der Waals surface area contributed by atoms with Crippen LogP contribution in [0.25, 0.3) is 0 Å². The van der Waals surface area contributed by atoms with E-state index in [9.17, 15) is 13.2 Å². The smallest absolute Gasteiger partial charge is 0.428 e. The third-order valence-corrected chi connectivity index (χ3v) is 4.77. The second kappa shape index (κ2) is 9.75. The molecule has 9 heteroatoms. The van der Waals surface area contributed by atoms with Crippen molar-refractivity contribution >= 4 is 29.1 Å². The molecule has 1 aliphatic heterocycles. The van der Waals surface area contributed by atoms with Crippen LogP contribution in [0.5, 0.6) is 5.75 Å². The molecule has 0 aromatic heterocycles. The Morgan fingerprint density at radius 2 is 1.86 bits per heavy atom. The highest BCUT2D eigenvalue weighted by atomic mass is 35.5. The lowest BCUT2D eigenvalue weighted by molar-refractivity contribution is -0.237. The van der Waals surface area contributed by atoms with Crippen LogP contribution in [0.2, 0.25) is 5.02 Å². The third-order valence-electron chi connectivity index (χ3n) is 4.34. The summed E-state index contributed by atoms with van der Waals surface area (Å²) in [6.45, 7) is 0.0753. The first-order valence-electron chi connectivity index (χ1n) is 8.91. The van der Waals surface area contributed by atoms with E-state index >= 15 is 0 Å². The number of alkyl halides is 3. The van der Waals surface area contributed by atoms with Gasteiger partial charge in [0.15, 0.2) is 0 Å². The molecule has 3 atom stereocenters. The van der Waals surface area contributed by atoms with Gasteiger partial charge in [-0.1, -0.05) is 41.9 Å². The summed E-state index contributed by atoms with van der Waals surface area (Å²) in [5.41, 5.74) is 1.01. The molecule has 2 aromatic carbocycles. The zero-order valence-electron chi connectivity index (χ0n) is 15.2. The van der Waals surface area contributed by atoms with Gasteiger partial charge in [0.2, 0.25) is 6.10 Å². The summed E-state index contributed by atoms with van der Waals surface area (Å²) in [7, 11) is 0. The molecule has 2 unspecified atom stereocenters. The summed E-state index contributed by atoms with van der Waals surface area (Å²) in [6.07, 6.45) is -7.53. The van der Waals surface area contributed by atoms with Gasteiger partial charge in [0.1, 0.15) is 11.9 Å². The molecule has 4 nitrogen and oxygen atoms in total. The van der Waals surface area contributed by atoms with Gasteiger partial charge >= 0.3 is 11.4 Å². The molecule has 0 saturated carbocycles. The van der Waals surface area contributed by atoms with Gasteiger partial charge in [0.05, 0.1) is 6.61 Å². The van der Waals surface area contributed by atoms with E-state index in [1.165, 1.54) is 0 Å².